The molecule has 29 heavy (non-hydrogen) atoms. The molecule has 5 heterocycles. The minimum absolute atomic E-state index is 0.0923. The molecule has 0 aromatic carbocycles. The molecule has 3 aromatic rings. The van der Waals surface area contributed by atoms with Gasteiger partial charge in [-0.1, -0.05) is 0 Å². The minimum atomic E-state index is -0.250. The number of hydrogen-bond donors (Lipinski definition) is 2. The third-order valence-electron chi connectivity index (χ3n) is 5.77. The molecule has 5 rings (SSSR count). The molecule has 1 saturated heterocycles. The van der Waals surface area contributed by atoms with E-state index in [1.54, 1.807) is 12.4 Å². The van der Waals surface area contributed by atoms with Gasteiger partial charge in [0.05, 0.1) is 5.56 Å². The third-order valence-corrected chi connectivity index (χ3v) is 6.78. The van der Waals surface area contributed by atoms with Gasteiger partial charge in [-0.05, 0) is 48.4 Å². The quantitative estimate of drug-likeness (QED) is 0.646. The van der Waals surface area contributed by atoms with Crippen molar-refractivity contribution in [1.82, 2.24) is 19.4 Å². The van der Waals surface area contributed by atoms with Crippen LogP contribution in [0.5, 0.6) is 0 Å². The average molecular weight is 413 g/mol. The largest absolute Gasteiger partial charge is 0.483 e. The van der Waals surface area contributed by atoms with E-state index in [1.165, 1.54) is 22.6 Å². The number of imidazole rings is 1. The molecule has 2 N–H and O–H groups in total. The fraction of sp³-hybridized carbons (Fsp3) is 0.381. The van der Waals surface area contributed by atoms with E-state index in [0.29, 0.717) is 23.2 Å². The Kier molecular flexibility index (Phi) is 5.64. The summed E-state index contributed by atoms with van der Waals surface area (Å²) in [5, 5.41) is 9.07. The molecule has 0 aliphatic carbocycles. The molecule has 0 unspecified atom stereocenters. The van der Waals surface area contributed by atoms with E-state index in [1.807, 2.05) is 22.0 Å². The van der Waals surface area contributed by atoms with E-state index >= 15 is 0 Å². The Morgan fingerprint density at radius 1 is 1.31 bits per heavy atom. The average Bonchev–Trinajstić information content (AvgIpc) is 3.36. The van der Waals surface area contributed by atoms with Crippen LogP contribution in [0.4, 0.5) is 0 Å². The molecule has 2 aliphatic rings. The predicted octanol–water partition coefficient (Wildman–Crippen LogP) is 2.93. The van der Waals surface area contributed by atoms with E-state index in [0.717, 1.165) is 26.2 Å². The number of aromatic amines is 1. The molecule has 2 aliphatic heterocycles. The SMILES string of the molecule is Cc1ccsc1CN1C[C@@H]2C[C@H](C1)c1ccc(-c3ncc[nH]3)c(=O)n1C2.O=CO. The zero-order valence-corrected chi connectivity index (χ0v) is 17.1. The number of pyridine rings is 1. The molecule has 152 valence electrons. The third kappa shape index (κ3) is 3.90. The van der Waals surface area contributed by atoms with Crippen molar-refractivity contribution < 1.29 is 9.90 Å². The molecule has 7 nitrogen and oxygen atoms in total. The van der Waals surface area contributed by atoms with Crippen LogP contribution in [0.15, 0.2) is 40.8 Å². The van der Waals surface area contributed by atoms with Crippen molar-refractivity contribution in [1.29, 1.82) is 0 Å². The Morgan fingerprint density at radius 2 is 2.14 bits per heavy atom. The Bertz CT molecular complexity index is 1040. The maximum Gasteiger partial charge on any atom is 0.290 e. The van der Waals surface area contributed by atoms with Crippen LogP contribution >= 0.6 is 11.3 Å². The smallest absolute Gasteiger partial charge is 0.290 e. The highest BCUT2D eigenvalue weighted by atomic mass is 32.1. The molecule has 0 radical (unpaired) electrons. The molecule has 0 amide bonds. The van der Waals surface area contributed by atoms with Gasteiger partial charge >= 0.3 is 0 Å². The summed E-state index contributed by atoms with van der Waals surface area (Å²) in [5.74, 6) is 1.66. The number of carbonyl (C=O) groups is 1. The summed E-state index contributed by atoms with van der Waals surface area (Å²) in [6.07, 6.45) is 4.65. The number of carboxylic acid groups (broad SMARTS) is 1. The summed E-state index contributed by atoms with van der Waals surface area (Å²) in [7, 11) is 0. The normalized spacial score (nSPS) is 20.4. The lowest BCUT2D eigenvalue weighted by atomic mass is 9.83. The zero-order valence-electron chi connectivity index (χ0n) is 16.2. The maximum absolute atomic E-state index is 13.0. The number of nitrogens with one attached hydrogen (secondary N) is 1. The monoisotopic (exact) mass is 412 g/mol. The second-order valence-corrected chi connectivity index (χ2v) is 8.65. The zero-order chi connectivity index (χ0) is 20.4. The number of piperidine rings is 1. The summed E-state index contributed by atoms with van der Waals surface area (Å²) in [6, 6.07) is 6.28. The van der Waals surface area contributed by atoms with Crippen LogP contribution in [0.25, 0.3) is 11.4 Å². The van der Waals surface area contributed by atoms with Gasteiger partial charge in [-0.25, -0.2) is 4.98 Å². The molecular formula is C21H24N4O3S. The number of fused-ring (bicyclic) bond motifs is 4. The highest BCUT2D eigenvalue weighted by molar-refractivity contribution is 7.10. The number of likely N-dealkylation sites (tertiary alicyclic amines) is 1. The van der Waals surface area contributed by atoms with Gasteiger partial charge in [0, 0.05) is 55.1 Å². The van der Waals surface area contributed by atoms with E-state index in [2.05, 4.69) is 39.3 Å². The van der Waals surface area contributed by atoms with Crippen molar-refractivity contribution in [3.8, 4) is 11.4 Å². The lowest BCUT2D eigenvalue weighted by molar-refractivity contribution is -0.122. The second kappa shape index (κ2) is 8.34. The fourth-order valence-electron chi connectivity index (χ4n) is 4.54. The number of thiophene rings is 1. The summed E-state index contributed by atoms with van der Waals surface area (Å²) >= 11 is 1.85. The first-order valence-corrected chi connectivity index (χ1v) is 10.5. The molecule has 0 saturated carbocycles. The Balaban J connectivity index is 0.000000645. The molecular weight excluding hydrogens is 388 g/mol. The number of nitrogens with zero attached hydrogens (tertiary/aromatic N) is 3. The highest BCUT2D eigenvalue weighted by Crippen LogP contribution is 2.36. The van der Waals surface area contributed by atoms with Gasteiger partial charge in [-0.2, -0.15) is 0 Å². The molecule has 1 fully saturated rings. The van der Waals surface area contributed by atoms with Crippen molar-refractivity contribution in [2.45, 2.75) is 32.4 Å². The number of H-pyrrole nitrogens is 1. The van der Waals surface area contributed by atoms with E-state index in [9.17, 15) is 4.79 Å². The van der Waals surface area contributed by atoms with Crippen LogP contribution in [0.3, 0.4) is 0 Å². The topological polar surface area (TPSA) is 91.2 Å². The van der Waals surface area contributed by atoms with Crippen molar-refractivity contribution >= 4 is 17.8 Å². The summed E-state index contributed by atoms with van der Waals surface area (Å²) in [4.78, 5) is 32.7. The maximum atomic E-state index is 13.0. The first kappa shape index (κ1) is 19.6. The Labute approximate surface area is 172 Å². The fourth-order valence-corrected chi connectivity index (χ4v) is 5.48. The number of hydrogen-bond acceptors (Lipinski definition) is 5. The summed E-state index contributed by atoms with van der Waals surface area (Å²) in [6.45, 7) is 5.91. The molecule has 2 atom stereocenters. The van der Waals surface area contributed by atoms with Gasteiger partial charge in [-0.3, -0.25) is 14.5 Å². The van der Waals surface area contributed by atoms with Crippen LogP contribution in [0, 0.1) is 12.8 Å². The Morgan fingerprint density at radius 3 is 2.83 bits per heavy atom. The molecule has 0 spiro atoms. The van der Waals surface area contributed by atoms with Gasteiger partial charge in [0.1, 0.15) is 5.82 Å². The van der Waals surface area contributed by atoms with Crippen molar-refractivity contribution in [2.75, 3.05) is 13.1 Å². The molecule has 3 aromatic heterocycles. The summed E-state index contributed by atoms with van der Waals surface area (Å²) in [5.41, 5.74) is 3.35. The highest BCUT2D eigenvalue weighted by Gasteiger charge is 2.35. The van der Waals surface area contributed by atoms with Crippen molar-refractivity contribution in [3.05, 3.63) is 62.5 Å². The van der Waals surface area contributed by atoms with E-state index in [4.69, 9.17) is 9.90 Å². The van der Waals surface area contributed by atoms with Gasteiger partial charge in [0.25, 0.3) is 12.0 Å². The first-order chi connectivity index (χ1) is 14.1. The number of aryl methyl sites for hydroxylation is 1. The van der Waals surface area contributed by atoms with E-state index < -0.39 is 0 Å². The lowest BCUT2D eigenvalue weighted by Gasteiger charge is -2.42. The lowest BCUT2D eigenvalue weighted by Crippen LogP contribution is -2.46. The van der Waals surface area contributed by atoms with Gasteiger partial charge < -0.3 is 14.7 Å². The van der Waals surface area contributed by atoms with Crippen molar-refractivity contribution in [2.24, 2.45) is 5.92 Å². The standard InChI is InChI=1S/C20H22N4OS.CH2O2/c1-13-4-7-26-18(13)12-23-9-14-8-15(11-23)17-3-2-16(19-21-5-6-22-19)20(25)24(17)10-14;2-1-3/h2-7,14-15H,8-12H2,1H3,(H,21,22);1H,(H,2,3)/t14-,15+;/m0./s1. The van der Waals surface area contributed by atoms with Crippen LogP contribution in [-0.4, -0.2) is 44.1 Å². The van der Waals surface area contributed by atoms with Crippen LogP contribution in [0.1, 0.15) is 28.5 Å². The number of aromatic nitrogens is 3. The van der Waals surface area contributed by atoms with Crippen molar-refractivity contribution in [3.63, 3.8) is 0 Å². The molecule has 8 heteroatoms. The van der Waals surface area contributed by atoms with Gasteiger partial charge in [-0.15, -0.1) is 11.3 Å². The first-order valence-electron chi connectivity index (χ1n) is 9.67. The minimum Gasteiger partial charge on any atom is -0.483 e. The van der Waals surface area contributed by atoms with Crippen LogP contribution in [0.2, 0.25) is 0 Å². The van der Waals surface area contributed by atoms with Crippen LogP contribution in [-0.2, 0) is 17.9 Å². The van der Waals surface area contributed by atoms with Gasteiger partial charge in [0.15, 0.2) is 0 Å². The van der Waals surface area contributed by atoms with Gasteiger partial charge in [0.2, 0.25) is 0 Å². The summed E-state index contributed by atoms with van der Waals surface area (Å²) < 4.78 is 2.00. The second-order valence-electron chi connectivity index (χ2n) is 7.65. The predicted molar refractivity (Wildman–Crippen MR) is 112 cm³/mol. The molecule has 2 bridgehead atoms. The Hall–Kier alpha value is -2.71. The number of rotatable bonds is 3. The van der Waals surface area contributed by atoms with Crippen LogP contribution < -0.4 is 5.56 Å². The van der Waals surface area contributed by atoms with E-state index in [-0.39, 0.29) is 12.0 Å².